The van der Waals surface area contributed by atoms with E-state index in [0.29, 0.717) is 18.9 Å². The summed E-state index contributed by atoms with van der Waals surface area (Å²) in [6, 6.07) is 8.31. The van der Waals surface area contributed by atoms with E-state index in [2.05, 4.69) is 42.5 Å². The number of benzene rings is 1. The molecule has 1 atom stereocenters. The number of rotatable bonds is 7. The summed E-state index contributed by atoms with van der Waals surface area (Å²) in [5, 5.41) is 7.36. The largest absolute Gasteiger partial charge is 0.356 e. The van der Waals surface area contributed by atoms with Gasteiger partial charge in [0, 0.05) is 19.5 Å². The van der Waals surface area contributed by atoms with E-state index in [1.54, 1.807) is 11.3 Å². The maximum atomic E-state index is 11.6. The van der Waals surface area contributed by atoms with E-state index in [0.717, 1.165) is 17.1 Å². The first-order valence-electron chi connectivity index (χ1n) is 7.42. The highest BCUT2D eigenvalue weighted by atomic mass is 32.1. The number of amides is 1. The van der Waals surface area contributed by atoms with E-state index in [1.807, 2.05) is 18.2 Å². The van der Waals surface area contributed by atoms with Gasteiger partial charge in [0.2, 0.25) is 5.91 Å². The van der Waals surface area contributed by atoms with Crippen molar-refractivity contribution in [2.75, 3.05) is 13.1 Å². The van der Waals surface area contributed by atoms with Crippen LogP contribution in [0.3, 0.4) is 0 Å². The summed E-state index contributed by atoms with van der Waals surface area (Å²) in [7, 11) is 0. The number of aromatic nitrogens is 1. The molecule has 4 nitrogen and oxygen atoms in total. The lowest BCUT2D eigenvalue weighted by molar-refractivity contribution is -0.121. The lowest BCUT2D eigenvalue weighted by Gasteiger charge is -2.11. The van der Waals surface area contributed by atoms with Crippen LogP contribution in [-0.2, 0) is 4.79 Å². The molecule has 1 amide bonds. The fourth-order valence-corrected chi connectivity index (χ4v) is 2.97. The summed E-state index contributed by atoms with van der Waals surface area (Å²) < 4.78 is 1.20. The maximum Gasteiger partial charge on any atom is 0.221 e. The molecule has 1 unspecified atom stereocenters. The van der Waals surface area contributed by atoms with E-state index in [1.165, 1.54) is 4.70 Å². The molecule has 0 spiro atoms. The summed E-state index contributed by atoms with van der Waals surface area (Å²) in [6.45, 7) is 7.68. The zero-order valence-corrected chi connectivity index (χ0v) is 13.7. The van der Waals surface area contributed by atoms with Gasteiger partial charge in [-0.15, -0.1) is 11.3 Å². The third-order valence-electron chi connectivity index (χ3n) is 3.19. The predicted molar refractivity (Wildman–Crippen MR) is 88.5 cm³/mol. The number of hydrogen-bond acceptors (Lipinski definition) is 4. The zero-order chi connectivity index (χ0) is 15.2. The normalized spacial score (nSPS) is 12.8. The van der Waals surface area contributed by atoms with Crippen LogP contribution >= 0.6 is 11.3 Å². The second kappa shape index (κ2) is 7.52. The third-order valence-corrected chi connectivity index (χ3v) is 4.41. The molecule has 1 heterocycles. The Morgan fingerprint density at radius 1 is 1.29 bits per heavy atom. The topological polar surface area (TPSA) is 54.0 Å². The molecule has 0 bridgehead atoms. The van der Waals surface area contributed by atoms with E-state index >= 15 is 0 Å². The Labute approximate surface area is 130 Å². The van der Waals surface area contributed by atoms with Gasteiger partial charge in [0.05, 0.1) is 16.3 Å². The van der Waals surface area contributed by atoms with Gasteiger partial charge in [-0.2, -0.15) is 0 Å². The van der Waals surface area contributed by atoms with Crippen LogP contribution in [0, 0.1) is 5.92 Å². The molecule has 2 aromatic rings. The van der Waals surface area contributed by atoms with E-state index in [4.69, 9.17) is 0 Å². The van der Waals surface area contributed by atoms with Gasteiger partial charge in [0.1, 0.15) is 5.01 Å². The second-order valence-corrected chi connectivity index (χ2v) is 6.71. The Morgan fingerprint density at radius 3 is 2.76 bits per heavy atom. The summed E-state index contributed by atoms with van der Waals surface area (Å²) >= 11 is 1.70. The molecule has 0 saturated carbocycles. The molecule has 1 aromatic carbocycles. The van der Waals surface area contributed by atoms with Crippen molar-refractivity contribution in [2.24, 2.45) is 5.92 Å². The summed E-state index contributed by atoms with van der Waals surface area (Å²) in [5.74, 6) is 0.594. The Hall–Kier alpha value is -1.46. The van der Waals surface area contributed by atoms with Crippen LogP contribution in [0.2, 0.25) is 0 Å². The lowest BCUT2D eigenvalue weighted by atomic mass is 10.2. The van der Waals surface area contributed by atoms with Gasteiger partial charge >= 0.3 is 0 Å². The van der Waals surface area contributed by atoms with Crippen molar-refractivity contribution in [1.82, 2.24) is 15.6 Å². The van der Waals surface area contributed by atoms with Crippen LogP contribution in [0.1, 0.15) is 38.2 Å². The fourth-order valence-electron chi connectivity index (χ4n) is 1.97. The number of carbonyl (C=O) groups excluding carboxylic acids is 1. The molecule has 21 heavy (non-hydrogen) atoms. The number of nitrogens with one attached hydrogen (secondary N) is 2. The van der Waals surface area contributed by atoms with Crippen molar-refractivity contribution in [2.45, 2.75) is 33.2 Å². The minimum Gasteiger partial charge on any atom is -0.356 e. The Kier molecular flexibility index (Phi) is 5.70. The van der Waals surface area contributed by atoms with Gasteiger partial charge in [0.25, 0.3) is 0 Å². The van der Waals surface area contributed by atoms with E-state index in [-0.39, 0.29) is 11.9 Å². The molecule has 0 aliphatic rings. The van der Waals surface area contributed by atoms with Crippen molar-refractivity contribution >= 4 is 27.5 Å². The average Bonchev–Trinajstić information content (AvgIpc) is 2.89. The Balaban J connectivity index is 1.79. The van der Waals surface area contributed by atoms with Crippen molar-refractivity contribution in [3.63, 3.8) is 0 Å². The molecule has 0 fully saturated rings. The maximum absolute atomic E-state index is 11.6. The van der Waals surface area contributed by atoms with Crippen molar-refractivity contribution < 1.29 is 4.79 Å². The quantitative estimate of drug-likeness (QED) is 0.826. The molecular weight excluding hydrogens is 282 g/mol. The molecule has 2 N–H and O–H groups in total. The monoisotopic (exact) mass is 305 g/mol. The molecule has 0 aliphatic heterocycles. The SMILES string of the molecule is CC(C)CNC(=O)CCNC(C)c1nc2ccccc2s1. The van der Waals surface area contributed by atoms with Crippen molar-refractivity contribution in [1.29, 1.82) is 0 Å². The highest BCUT2D eigenvalue weighted by Gasteiger charge is 2.11. The molecular formula is C16H23N3OS. The highest BCUT2D eigenvalue weighted by molar-refractivity contribution is 7.18. The van der Waals surface area contributed by atoms with Gasteiger partial charge < -0.3 is 10.6 Å². The average molecular weight is 305 g/mol. The second-order valence-electron chi connectivity index (χ2n) is 5.64. The molecule has 114 valence electrons. The molecule has 5 heteroatoms. The summed E-state index contributed by atoms with van der Waals surface area (Å²) in [6.07, 6.45) is 0.502. The van der Waals surface area contributed by atoms with Gasteiger partial charge in [-0.25, -0.2) is 4.98 Å². The van der Waals surface area contributed by atoms with E-state index in [9.17, 15) is 4.79 Å². The Morgan fingerprint density at radius 2 is 2.05 bits per heavy atom. The minimum absolute atomic E-state index is 0.104. The van der Waals surface area contributed by atoms with Gasteiger partial charge in [-0.1, -0.05) is 26.0 Å². The van der Waals surface area contributed by atoms with Crippen LogP contribution in [-0.4, -0.2) is 24.0 Å². The molecule has 2 rings (SSSR count). The minimum atomic E-state index is 0.104. The van der Waals surface area contributed by atoms with Gasteiger partial charge in [0.15, 0.2) is 0 Å². The van der Waals surface area contributed by atoms with Gasteiger partial charge in [-0.05, 0) is 25.0 Å². The molecule has 1 aromatic heterocycles. The first-order chi connectivity index (χ1) is 10.1. The molecule has 0 radical (unpaired) electrons. The van der Waals surface area contributed by atoms with Crippen LogP contribution in [0.4, 0.5) is 0 Å². The first kappa shape index (κ1) is 15.9. The summed E-state index contributed by atoms with van der Waals surface area (Å²) in [5.41, 5.74) is 1.04. The Bertz CT molecular complexity index is 561. The van der Waals surface area contributed by atoms with E-state index < -0.39 is 0 Å². The summed E-state index contributed by atoms with van der Waals surface area (Å²) in [4.78, 5) is 16.3. The standard InChI is InChI=1S/C16H23N3OS/c1-11(2)10-18-15(20)8-9-17-12(3)16-19-13-6-4-5-7-14(13)21-16/h4-7,11-12,17H,8-10H2,1-3H3,(H,18,20). The number of para-hydroxylation sites is 1. The van der Waals surface area contributed by atoms with Crippen LogP contribution in [0.15, 0.2) is 24.3 Å². The van der Waals surface area contributed by atoms with Gasteiger partial charge in [-0.3, -0.25) is 4.79 Å². The first-order valence-corrected chi connectivity index (χ1v) is 8.23. The smallest absolute Gasteiger partial charge is 0.221 e. The third kappa shape index (κ3) is 4.79. The predicted octanol–water partition coefficient (Wildman–Crippen LogP) is 3.11. The van der Waals surface area contributed by atoms with Crippen molar-refractivity contribution in [3.8, 4) is 0 Å². The zero-order valence-electron chi connectivity index (χ0n) is 12.8. The van der Waals surface area contributed by atoms with Crippen LogP contribution in [0.5, 0.6) is 0 Å². The van der Waals surface area contributed by atoms with Crippen LogP contribution in [0.25, 0.3) is 10.2 Å². The number of hydrogen-bond donors (Lipinski definition) is 2. The number of thiazole rings is 1. The number of fused-ring (bicyclic) bond motifs is 1. The lowest BCUT2D eigenvalue weighted by Crippen LogP contribution is -2.31. The van der Waals surface area contributed by atoms with Crippen LogP contribution < -0.4 is 10.6 Å². The molecule has 0 aliphatic carbocycles. The highest BCUT2D eigenvalue weighted by Crippen LogP contribution is 2.25. The van der Waals surface area contributed by atoms with Crippen molar-refractivity contribution in [3.05, 3.63) is 29.3 Å². The fraction of sp³-hybridized carbons (Fsp3) is 0.500. The molecule has 0 saturated heterocycles. The number of carbonyl (C=O) groups is 1. The number of nitrogens with zero attached hydrogens (tertiary/aromatic N) is 1.